The molecule has 0 saturated heterocycles. The highest BCUT2D eigenvalue weighted by molar-refractivity contribution is 6.14. The van der Waals surface area contributed by atoms with E-state index in [9.17, 15) is 19.8 Å². The van der Waals surface area contributed by atoms with Crippen molar-refractivity contribution in [1.29, 1.82) is 0 Å². The molecule has 1 aromatic carbocycles. The van der Waals surface area contributed by atoms with Crippen molar-refractivity contribution in [3.63, 3.8) is 0 Å². The van der Waals surface area contributed by atoms with Gasteiger partial charge in [-0.1, -0.05) is 0 Å². The average Bonchev–Trinajstić information content (AvgIpc) is 2.19. The molecule has 0 aromatic heterocycles. The second kappa shape index (κ2) is 3.30. The van der Waals surface area contributed by atoms with Crippen molar-refractivity contribution >= 4 is 23.3 Å². The summed E-state index contributed by atoms with van der Waals surface area (Å²) in [6, 6.07) is 0.865. The number of carbonyl (C=O) groups is 2. The van der Waals surface area contributed by atoms with Crippen molar-refractivity contribution in [2.75, 3.05) is 10.6 Å². The van der Waals surface area contributed by atoms with Gasteiger partial charge in [0.1, 0.15) is 0 Å². The predicted octanol–water partition coefficient (Wildman–Crippen LogP) is -0.0850. The van der Waals surface area contributed by atoms with Gasteiger partial charge in [-0.25, -0.2) is 4.79 Å². The van der Waals surface area contributed by atoms with E-state index >= 15 is 0 Å². The van der Waals surface area contributed by atoms with E-state index < -0.39 is 29.4 Å². The molecule has 16 heavy (non-hydrogen) atoms. The number of aromatic hydroxyl groups is 2. The number of carboxylic acid groups (broad SMARTS) is 1. The number of rotatable bonds is 1. The summed E-state index contributed by atoms with van der Waals surface area (Å²) < 4.78 is 0. The molecule has 2 rings (SSSR count). The molecule has 0 spiro atoms. The van der Waals surface area contributed by atoms with Crippen LogP contribution in [-0.2, 0) is 9.59 Å². The first-order chi connectivity index (χ1) is 7.49. The number of nitrogens with one attached hydrogen (secondary N) is 2. The highest BCUT2D eigenvalue weighted by Gasteiger charge is 2.31. The molecule has 1 amide bonds. The van der Waals surface area contributed by atoms with Crippen LogP contribution in [0.3, 0.4) is 0 Å². The molecule has 1 aromatic rings. The lowest BCUT2D eigenvalue weighted by Gasteiger charge is -2.24. The second-order valence-corrected chi connectivity index (χ2v) is 3.29. The van der Waals surface area contributed by atoms with E-state index in [0.29, 0.717) is 0 Å². The number of phenolic OH excluding ortho intramolecular Hbond substituents is 2. The highest BCUT2D eigenvalue weighted by Crippen LogP contribution is 2.36. The summed E-state index contributed by atoms with van der Waals surface area (Å²) in [5, 5.41) is 31.9. The molecule has 1 aliphatic rings. The maximum Gasteiger partial charge on any atom is 0.336 e. The molecular formula is C9H8N2O5. The van der Waals surface area contributed by atoms with E-state index in [1.54, 1.807) is 0 Å². The Morgan fingerprint density at radius 1 is 1.19 bits per heavy atom. The average molecular weight is 224 g/mol. The minimum absolute atomic E-state index is 0.220. The van der Waals surface area contributed by atoms with Crippen molar-refractivity contribution < 1.29 is 24.9 Å². The minimum atomic E-state index is -1.41. The van der Waals surface area contributed by atoms with Crippen LogP contribution < -0.4 is 10.6 Å². The monoisotopic (exact) mass is 224 g/mol. The fraction of sp³-hybridized carbons (Fsp3) is 0.111. The molecule has 84 valence electrons. The number of carboxylic acids is 1. The zero-order valence-corrected chi connectivity index (χ0v) is 7.89. The Kier molecular flexibility index (Phi) is 2.08. The van der Waals surface area contributed by atoms with Crippen LogP contribution in [0, 0.1) is 0 Å². The van der Waals surface area contributed by atoms with E-state index in [1.165, 1.54) is 0 Å². The van der Waals surface area contributed by atoms with Gasteiger partial charge in [0.15, 0.2) is 11.5 Å². The lowest BCUT2D eigenvalue weighted by Crippen LogP contribution is -2.44. The summed E-state index contributed by atoms with van der Waals surface area (Å²) in [5.41, 5.74) is 0.458. The summed E-state index contributed by atoms with van der Waals surface area (Å²) in [6.45, 7) is 0. The zero-order chi connectivity index (χ0) is 11.9. The Morgan fingerprint density at radius 3 is 2.31 bits per heavy atom. The quantitative estimate of drug-likeness (QED) is 0.258. The van der Waals surface area contributed by atoms with Crippen molar-refractivity contribution in [2.24, 2.45) is 0 Å². The van der Waals surface area contributed by atoms with Crippen LogP contribution in [0.5, 0.6) is 11.5 Å². The van der Waals surface area contributed by atoms with E-state index in [-0.39, 0.29) is 11.4 Å². The van der Waals surface area contributed by atoms with Crippen LogP contribution in [0.4, 0.5) is 11.4 Å². The maximum absolute atomic E-state index is 11.3. The normalized spacial score (nSPS) is 18.2. The van der Waals surface area contributed by atoms with Gasteiger partial charge in [-0.15, -0.1) is 0 Å². The first kappa shape index (κ1) is 10.1. The van der Waals surface area contributed by atoms with Crippen molar-refractivity contribution in [3.05, 3.63) is 12.1 Å². The summed E-state index contributed by atoms with van der Waals surface area (Å²) >= 11 is 0. The SMILES string of the molecule is O=C(O)C1Nc2cc(O)c(O)cc2NC1=O. The van der Waals surface area contributed by atoms with Gasteiger partial charge in [0, 0.05) is 12.1 Å². The van der Waals surface area contributed by atoms with Gasteiger partial charge in [0.25, 0.3) is 5.91 Å². The van der Waals surface area contributed by atoms with Crippen LogP contribution in [0.2, 0.25) is 0 Å². The van der Waals surface area contributed by atoms with Crippen LogP contribution in [0.25, 0.3) is 0 Å². The molecule has 7 nitrogen and oxygen atoms in total. The minimum Gasteiger partial charge on any atom is -0.504 e. The van der Waals surface area contributed by atoms with Crippen LogP contribution in [0.1, 0.15) is 0 Å². The Morgan fingerprint density at radius 2 is 1.75 bits per heavy atom. The molecule has 0 radical (unpaired) electrons. The fourth-order valence-electron chi connectivity index (χ4n) is 1.40. The second-order valence-electron chi connectivity index (χ2n) is 3.29. The molecule has 1 heterocycles. The van der Waals surface area contributed by atoms with Gasteiger partial charge >= 0.3 is 5.97 Å². The molecule has 7 heteroatoms. The molecule has 5 N–H and O–H groups in total. The van der Waals surface area contributed by atoms with Crippen LogP contribution >= 0.6 is 0 Å². The number of hydrogen-bond acceptors (Lipinski definition) is 5. The number of aliphatic carboxylic acids is 1. The van der Waals surface area contributed by atoms with Gasteiger partial charge in [0.2, 0.25) is 6.04 Å². The fourth-order valence-corrected chi connectivity index (χ4v) is 1.40. The van der Waals surface area contributed by atoms with E-state index in [0.717, 1.165) is 12.1 Å². The number of hydrogen-bond donors (Lipinski definition) is 5. The topological polar surface area (TPSA) is 119 Å². The number of anilines is 2. The summed E-state index contributed by atoms with van der Waals surface area (Å²) in [5.74, 6) is -2.85. The van der Waals surface area contributed by atoms with Crippen molar-refractivity contribution in [3.8, 4) is 11.5 Å². The summed E-state index contributed by atoms with van der Waals surface area (Å²) in [6.07, 6.45) is 0. The third-order valence-electron chi connectivity index (χ3n) is 2.18. The van der Waals surface area contributed by atoms with Gasteiger partial charge < -0.3 is 26.0 Å². The van der Waals surface area contributed by atoms with E-state index in [4.69, 9.17) is 5.11 Å². The predicted molar refractivity (Wildman–Crippen MR) is 53.4 cm³/mol. The Hall–Kier alpha value is -2.44. The van der Waals surface area contributed by atoms with Gasteiger partial charge in [0.05, 0.1) is 11.4 Å². The zero-order valence-electron chi connectivity index (χ0n) is 7.89. The number of benzene rings is 1. The molecule has 1 unspecified atom stereocenters. The smallest absolute Gasteiger partial charge is 0.336 e. The first-order valence-electron chi connectivity index (χ1n) is 4.35. The lowest BCUT2D eigenvalue weighted by molar-refractivity contribution is -0.140. The molecule has 0 aliphatic carbocycles. The summed E-state index contributed by atoms with van der Waals surface area (Å²) in [4.78, 5) is 22.0. The van der Waals surface area contributed by atoms with Crippen LogP contribution in [-0.4, -0.2) is 33.2 Å². The Labute approximate surface area is 89.3 Å². The standard InChI is InChI=1S/C9H8N2O5/c12-5-1-3-4(2-6(5)13)11-8(14)7(10-3)9(15)16/h1-2,7,10,12-13H,(H,11,14)(H,15,16). The highest BCUT2D eigenvalue weighted by atomic mass is 16.4. The van der Waals surface area contributed by atoms with E-state index in [1.807, 2.05) is 0 Å². The number of phenols is 2. The van der Waals surface area contributed by atoms with Crippen molar-refractivity contribution in [2.45, 2.75) is 6.04 Å². The Balaban J connectivity index is 2.43. The lowest BCUT2D eigenvalue weighted by atomic mass is 10.1. The molecule has 1 aliphatic heterocycles. The van der Waals surface area contributed by atoms with Gasteiger partial charge in [-0.2, -0.15) is 0 Å². The maximum atomic E-state index is 11.3. The molecular weight excluding hydrogens is 216 g/mol. The molecule has 0 fully saturated rings. The Bertz CT molecular complexity index is 485. The van der Waals surface area contributed by atoms with Gasteiger partial charge in [-0.3, -0.25) is 4.79 Å². The van der Waals surface area contributed by atoms with Gasteiger partial charge in [-0.05, 0) is 0 Å². The third kappa shape index (κ3) is 1.48. The molecule has 0 bridgehead atoms. The first-order valence-corrected chi connectivity index (χ1v) is 4.35. The molecule has 1 atom stereocenters. The number of amides is 1. The number of fused-ring (bicyclic) bond motifs is 1. The molecule has 0 saturated carbocycles. The van der Waals surface area contributed by atoms with Crippen LogP contribution in [0.15, 0.2) is 12.1 Å². The third-order valence-corrected chi connectivity index (χ3v) is 2.18. The van der Waals surface area contributed by atoms with E-state index in [2.05, 4.69) is 10.6 Å². The largest absolute Gasteiger partial charge is 0.504 e. The number of carbonyl (C=O) groups excluding carboxylic acids is 1. The summed E-state index contributed by atoms with van der Waals surface area (Å²) in [7, 11) is 0. The van der Waals surface area contributed by atoms with Crippen molar-refractivity contribution in [1.82, 2.24) is 0 Å².